The number of aliphatic hydroxyl groups excluding tert-OH is 2. The van der Waals surface area contributed by atoms with Gasteiger partial charge in [-0.15, -0.1) is 0 Å². The molecular weight excluding hydrogens is 512 g/mol. The van der Waals surface area contributed by atoms with E-state index in [2.05, 4.69) is 4.74 Å². The van der Waals surface area contributed by atoms with Crippen molar-refractivity contribution in [3.63, 3.8) is 0 Å². The number of hydrogen-bond acceptors (Lipinski definition) is 9. The minimum atomic E-state index is -1.13. The Balaban J connectivity index is 0.000000216. The summed E-state index contributed by atoms with van der Waals surface area (Å²) in [7, 11) is 1.25. The van der Waals surface area contributed by atoms with Crippen LogP contribution in [0.2, 0.25) is 0 Å². The van der Waals surface area contributed by atoms with Gasteiger partial charge in [0.05, 0.1) is 32.4 Å². The van der Waals surface area contributed by atoms with Gasteiger partial charge in [0, 0.05) is 12.8 Å². The van der Waals surface area contributed by atoms with Crippen LogP contribution in [0.4, 0.5) is 9.59 Å². The van der Waals surface area contributed by atoms with Gasteiger partial charge < -0.3 is 29.5 Å². The molecule has 2 aromatic rings. The van der Waals surface area contributed by atoms with Crippen molar-refractivity contribution in [3.05, 3.63) is 71.8 Å². The highest BCUT2D eigenvalue weighted by Gasteiger charge is 2.41. The first-order chi connectivity index (χ1) is 18.7. The molecule has 2 heterocycles. The van der Waals surface area contributed by atoms with Crippen LogP contribution in [-0.4, -0.2) is 93.7 Å². The average molecular weight is 545 g/mol. The van der Waals surface area contributed by atoms with Crippen LogP contribution in [0, 0.1) is 0 Å². The number of hydrogen-bond donors (Lipinski definition) is 3. The molecule has 3 N–H and O–H groups in total. The zero-order chi connectivity index (χ0) is 28.4. The second kappa shape index (κ2) is 14.1. The predicted molar refractivity (Wildman–Crippen MR) is 135 cm³/mol. The second-order valence-electron chi connectivity index (χ2n) is 9.06. The maximum absolute atomic E-state index is 12.0. The number of esters is 1. The van der Waals surface area contributed by atoms with Crippen LogP contribution < -0.4 is 0 Å². The Morgan fingerprint density at radius 2 is 1.15 bits per heavy atom. The fourth-order valence-corrected chi connectivity index (χ4v) is 4.23. The Hall–Kier alpha value is -4.16. The highest BCUT2D eigenvalue weighted by Crippen LogP contribution is 2.21. The van der Waals surface area contributed by atoms with Gasteiger partial charge in [0.1, 0.15) is 25.3 Å². The van der Waals surface area contributed by atoms with E-state index in [4.69, 9.17) is 14.6 Å². The molecule has 0 radical (unpaired) electrons. The lowest BCUT2D eigenvalue weighted by Gasteiger charge is -2.21. The number of aliphatic carboxylic acids is 1. The number of carboxylic acids is 1. The van der Waals surface area contributed by atoms with Gasteiger partial charge in [0.25, 0.3) is 0 Å². The van der Waals surface area contributed by atoms with Gasteiger partial charge in [-0.25, -0.2) is 19.2 Å². The molecular formula is C27H32N2O10. The number of carboxylic acid groups (broad SMARTS) is 1. The molecule has 39 heavy (non-hydrogen) atoms. The number of aliphatic hydroxyl groups is 2. The summed E-state index contributed by atoms with van der Waals surface area (Å²) in [5.74, 6) is -1.67. The number of ether oxygens (including phenoxy) is 3. The van der Waals surface area contributed by atoms with E-state index in [0.29, 0.717) is 0 Å². The summed E-state index contributed by atoms with van der Waals surface area (Å²) >= 11 is 0. The first-order valence-corrected chi connectivity index (χ1v) is 12.3. The number of methoxy groups -OCH3 is 1. The summed E-state index contributed by atoms with van der Waals surface area (Å²) in [6, 6.07) is 16.6. The Morgan fingerprint density at radius 3 is 1.56 bits per heavy atom. The topological polar surface area (TPSA) is 163 Å². The maximum Gasteiger partial charge on any atom is 0.410 e. The van der Waals surface area contributed by atoms with Crippen LogP contribution in [0.15, 0.2) is 60.7 Å². The third kappa shape index (κ3) is 8.42. The summed E-state index contributed by atoms with van der Waals surface area (Å²) in [4.78, 5) is 48.6. The molecule has 12 heteroatoms. The quantitative estimate of drug-likeness (QED) is 0.361. The fraction of sp³-hybridized carbons (Fsp3) is 0.407. The number of carbonyl (C=O) groups excluding carboxylic acids is 3. The van der Waals surface area contributed by atoms with Gasteiger partial charge in [-0.3, -0.25) is 9.80 Å². The molecule has 2 aromatic carbocycles. The molecule has 4 rings (SSSR count). The molecule has 210 valence electrons. The highest BCUT2D eigenvalue weighted by atomic mass is 16.6. The van der Waals surface area contributed by atoms with E-state index < -0.39 is 48.4 Å². The van der Waals surface area contributed by atoms with Crippen molar-refractivity contribution in [2.45, 2.75) is 50.3 Å². The SMILES string of the molecule is COC(=O)[C@@H]1C[C@@H](O)CN1C(=O)OCc1ccccc1.O=C(O)[C@@H]1C[C@@H](O)CN1C(=O)OCc1ccccc1. The third-order valence-electron chi connectivity index (χ3n) is 6.20. The van der Waals surface area contributed by atoms with Crippen LogP contribution in [0.1, 0.15) is 24.0 Å². The number of amides is 2. The van der Waals surface area contributed by atoms with Gasteiger partial charge in [-0.05, 0) is 11.1 Å². The minimum absolute atomic E-state index is 0.00934. The first-order valence-electron chi connectivity index (χ1n) is 12.3. The minimum Gasteiger partial charge on any atom is -0.480 e. The lowest BCUT2D eigenvalue weighted by Crippen LogP contribution is -2.41. The summed E-state index contributed by atoms with van der Waals surface area (Å²) < 4.78 is 14.8. The maximum atomic E-state index is 12.0. The van der Waals surface area contributed by atoms with E-state index in [0.717, 1.165) is 16.0 Å². The summed E-state index contributed by atoms with van der Waals surface area (Å²) in [6.07, 6.45) is -2.68. The van der Waals surface area contributed by atoms with E-state index in [-0.39, 0.29) is 39.1 Å². The summed E-state index contributed by atoms with van der Waals surface area (Å²) in [5, 5.41) is 28.0. The molecule has 2 amide bonds. The predicted octanol–water partition coefficient (Wildman–Crippen LogP) is 1.77. The first kappa shape index (κ1) is 29.4. The van der Waals surface area contributed by atoms with Crippen LogP contribution in [-0.2, 0) is 37.0 Å². The molecule has 0 spiro atoms. The summed E-state index contributed by atoms with van der Waals surface area (Å²) in [5.41, 5.74) is 1.68. The van der Waals surface area contributed by atoms with Crippen molar-refractivity contribution >= 4 is 24.1 Å². The lowest BCUT2D eigenvalue weighted by molar-refractivity contribution is -0.145. The van der Waals surface area contributed by atoms with Crippen LogP contribution in [0.3, 0.4) is 0 Å². The zero-order valence-electron chi connectivity index (χ0n) is 21.4. The van der Waals surface area contributed by atoms with Crippen molar-refractivity contribution in [2.24, 2.45) is 0 Å². The molecule has 2 saturated heterocycles. The highest BCUT2D eigenvalue weighted by molar-refractivity contribution is 5.82. The Bertz CT molecular complexity index is 1110. The Kier molecular flexibility index (Phi) is 10.6. The molecule has 0 aliphatic carbocycles. The van der Waals surface area contributed by atoms with E-state index >= 15 is 0 Å². The number of β-amino-alcohol motifs (C(OH)–C–C–N with tert-alkyl or cyclic N) is 2. The second-order valence-corrected chi connectivity index (χ2v) is 9.06. The average Bonchev–Trinajstić information content (AvgIpc) is 3.54. The van der Waals surface area contributed by atoms with Crippen molar-refractivity contribution < 1.29 is 48.7 Å². The number of likely N-dealkylation sites (tertiary alicyclic amines) is 2. The molecule has 2 aliphatic rings. The molecule has 2 fully saturated rings. The monoisotopic (exact) mass is 544 g/mol. The van der Waals surface area contributed by atoms with Crippen molar-refractivity contribution in [3.8, 4) is 0 Å². The molecule has 0 aromatic heterocycles. The molecule has 0 saturated carbocycles. The number of nitrogens with zero attached hydrogens (tertiary/aromatic N) is 2. The van der Waals surface area contributed by atoms with E-state index in [1.54, 1.807) is 12.1 Å². The normalized spacial score (nSPS) is 21.9. The number of rotatable bonds is 6. The van der Waals surface area contributed by atoms with Gasteiger partial charge >= 0.3 is 24.1 Å². The zero-order valence-corrected chi connectivity index (χ0v) is 21.4. The van der Waals surface area contributed by atoms with E-state index in [9.17, 15) is 29.4 Å². The standard InChI is InChI=1S/C14H17NO5.C13H15NO5/c1-19-13(17)12-7-11(16)8-15(12)14(18)20-9-10-5-3-2-4-6-10;15-10-6-11(12(16)17)14(7-10)13(18)19-8-9-4-2-1-3-5-9/h2-6,11-12,16H,7-9H2,1H3;1-5,10-11,15H,6-8H2,(H,16,17)/t11-,12+;10-,11+/m11/s1. The Morgan fingerprint density at radius 1 is 0.744 bits per heavy atom. The van der Waals surface area contributed by atoms with Gasteiger partial charge in [-0.1, -0.05) is 60.7 Å². The fourth-order valence-electron chi connectivity index (χ4n) is 4.23. The van der Waals surface area contributed by atoms with Crippen LogP contribution >= 0.6 is 0 Å². The van der Waals surface area contributed by atoms with Gasteiger partial charge in [-0.2, -0.15) is 0 Å². The van der Waals surface area contributed by atoms with Gasteiger partial charge in [0.2, 0.25) is 0 Å². The van der Waals surface area contributed by atoms with Crippen molar-refractivity contribution in [1.82, 2.24) is 9.80 Å². The molecule has 0 bridgehead atoms. The van der Waals surface area contributed by atoms with Crippen molar-refractivity contribution in [1.29, 1.82) is 0 Å². The van der Waals surface area contributed by atoms with Crippen LogP contribution in [0.5, 0.6) is 0 Å². The molecule has 0 unspecified atom stereocenters. The lowest BCUT2D eigenvalue weighted by atomic mass is 10.2. The molecule has 12 nitrogen and oxygen atoms in total. The molecule has 4 atom stereocenters. The van der Waals surface area contributed by atoms with Crippen molar-refractivity contribution in [2.75, 3.05) is 20.2 Å². The van der Waals surface area contributed by atoms with Crippen LogP contribution in [0.25, 0.3) is 0 Å². The number of carbonyl (C=O) groups is 4. The Labute approximate surface area is 225 Å². The largest absolute Gasteiger partial charge is 0.480 e. The smallest absolute Gasteiger partial charge is 0.410 e. The summed E-state index contributed by atoms with van der Waals surface area (Å²) in [6.45, 7) is 0.275. The third-order valence-corrected chi connectivity index (χ3v) is 6.20. The van der Waals surface area contributed by atoms with E-state index in [1.807, 2.05) is 48.5 Å². The molecule has 2 aliphatic heterocycles. The number of benzene rings is 2. The van der Waals surface area contributed by atoms with E-state index in [1.165, 1.54) is 12.0 Å². The van der Waals surface area contributed by atoms with Gasteiger partial charge in [0.15, 0.2) is 0 Å².